The molecule has 96 valence electrons. The van der Waals surface area contributed by atoms with Gasteiger partial charge in [-0.2, -0.15) is 0 Å². The first-order valence-electron chi connectivity index (χ1n) is 6.27. The fourth-order valence-corrected chi connectivity index (χ4v) is 2.47. The molecule has 1 atom stereocenters. The molecule has 1 aliphatic heterocycles. The molecule has 4 heteroatoms. The first-order valence-corrected chi connectivity index (χ1v) is 6.68. The zero-order valence-corrected chi connectivity index (χ0v) is 11.4. The standard InChI is InChI=1S/C14H18N2OS/c1-10-3-2-8-16(9-10)14(17)12-6-4-11(5-7-12)13(15)18/h4-7,10H,2-3,8-9H2,1H3,(H2,15,18). The molecule has 0 spiro atoms. The van der Waals surface area contributed by atoms with Crippen molar-refractivity contribution < 1.29 is 4.79 Å². The van der Waals surface area contributed by atoms with E-state index < -0.39 is 0 Å². The third-order valence-corrected chi connectivity index (χ3v) is 3.60. The van der Waals surface area contributed by atoms with E-state index in [9.17, 15) is 4.79 Å². The number of likely N-dealkylation sites (tertiary alicyclic amines) is 1. The fourth-order valence-electron chi connectivity index (χ4n) is 2.33. The van der Waals surface area contributed by atoms with Crippen LogP contribution in [0.2, 0.25) is 0 Å². The van der Waals surface area contributed by atoms with Crippen LogP contribution < -0.4 is 5.73 Å². The molecule has 1 amide bonds. The molecular formula is C14H18N2OS. The second-order valence-corrected chi connectivity index (χ2v) is 5.38. The van der Waals surface area contributed by atoms with E-state index in [1.807, 2.05) is 17.0 Å². The summed E-state index contributed by atoms with van der Waals surface area (Å²) in [7, 11) is 0. The van der Waals surface area contributed by atoms with E-state index in [2.05, 4.69) is 6.92 Å². The van der Waals surface area contributed by atoms with Crippen molar-refractivity contribution >= 4 is 23.1 Å². The van der Waals surface area contributed by atoms with Crippen LogP contribution in [0.15, 0.2) is 24.3 Å². The lowest BCUT2D eigenvalue weighted by atomic mass is 9.99. The molecular weight excluding hydrogens is 244 g/mol. The van der Waals surface area contributed by atoms with Crippen molar-refractivity contribution in [3.63, 3.8) is 0 Å². The van der Waals surface area contributed by atoms with Gasteiger partial charge >= 0.3 is 0 Å². The Hall–Kier alpha value is -1.42. The van der Waals surface area contributed by atoms with Gasteiger partial charge in [0.2, 0.25) is 0 Å². The second kappa shape index (κ2) is 5.48. The quantitative estimate of drug-likeness (QED) is 0.831. The lowest BCUT2D eigenvalue weighted by Gasteiger charge is -2.31. The molecule has 18 heavy (non-hydrogen) atoms. The van der Waals surface area contributed by atoms with E-state index in [4.69, 9.17) is 18.0 Å². The van der Waals surface area contributed by atoms with Gasteiger partial charge in [-0.1, -0.05) is 31.3 Å². The van der Waals surface area contributed by atoms with Crippen molar-refractivity contribution in [2.24, 2.45) is 11.7 Å². The number of piperidine rings is 1. The van der Waals surface area contributed by atoms with Crippen molar-refractivity contribution in [2.45, 2.75) is 19.8 Å². The predicted molar refractivity (Wildman–Crippen MR) is 76.6 cm³/mol. The van der Waals surface area contributed by atoms with E-state index in [0.29, 0.717) is 16.5 Å². The lowest BCUT2D eigenvalue weighted by molar-refractivity contribution is 0.0683. The molecule has 0 saturated carbocycles. The van der Waals surface area contributed by atoms with Gasteiger partial charge in [0, 0.05) is 24.2 Å². The van der Waals surface area contributed by atoms with Gasteiger partial charge in [0.15, 0.2) is 0 Å². The summed E-state index contributed by atoms with van der Waals surface area (Å²) >= 11 is 4.89. The molecule has 0 radical (unpaired) electrons. The summed E-state index contributed by atoms with van der Waals surface area (Å²) in [5.41, 5.74) is 7.05. The summed E-state index contributed by atoms with van der Waals surface area (Å²) in [6, 6.07) is 7.22. The van der Waals surface area contributed by atoms with Crippen molar-refractivity contribution in [3.8, 4) is 0 Å². The van der Waals surface area contributed by atoms with Crippen LogP contribution in [0.1, 0.15) is 35.7 Å². The molecule has 1 aliphatic rings. The number of thiocarbonyl (C=S) groups is 1. The maximum atomic E-state index is 12.3. The Balaban J connectivity index is 2.10. The zero-order chi connectivity index (χ0) is 13.1. The highest BCUT2D eigenvalue weighted by Gasteiger charge is 2.21. The smallest absolute Gasteiger partial charge is 0.253 e. The Morgan fingerprint density at radius 1 is 1.33 bits per heavy atom. The van der Waals surface area contributed by atoms with Crippen LogP contribution in [-0.2, 0) is 0 Å². The van der Waals surface area contributed by atoms with Crippen LogP contribution >= 0.6 is 12.2 Å². The van der Waals surface area contributed by atoms with Crippen LogP contribution in [0, 0.1) is 5.92 Å². The lowest BCUT2D eigenvalue weighted by Crippen LogP contribution is -2.39. The molecule has 1 heterocycles. The van der Waals surface area contributed by atoms with Crippen LogP contribution in [0.3, 0.4) is 0 Å². The molecule has 1 aromatic rings. The average Bonchev–Trinajstić information content (AvgIpc) is 2.38. The normalized spacial score (nSPS) is 19.6. The van der Waals surface area contributed by atoms with Gasteiger partial charge < -0.3 is 10.6 Å². The number of hydrogen-bond donors (Lipinski definition) is 1. The predicted octanol–water partition coefficient (Wildman–Crippen LogP) is 2.19. The zero-order valence-electron chi connectivity index (χ0n) is 10.6. The highest BCUT2D eigenvalue weighted by atomic mass is 32.1. The van der Waals surface area contributed by atoms with Crippen molar-refractivity contribution in [3.05, 3.63) is 35.4 Å². The minimum absolute atomic E-state index is 0.107. The third-order valence-electron chi connectivity index (χ3n) is 3.36. The van der Waals surface area contributed by atoms with Gasteiger partial charge in [0.1, 0.15) is 4.99 Å². The molecule has 2 N–H and O–H groups in total. The Labute approximate surface area is 113 Å². The minimum Gasteiger partial charge on any atom is -0.389 e. The molecule has 0 aromatic heterocycles. The Kier molecular flexibility index (Phi) is 3.97. The summed E-state index contributed by atoms with van der Waals surface area (Å²) < 4.78 is 0. The highest BCUT2D eigenvalue weighted by Crippen LogP contribution is 2.18. The van der Waals surface area contributed by atoms with E-state index >= 15 is 0 Å². The highest BCUT2D eigenvalue weighted by molar-refractivity contribution is 7.80. The molecule has 1 aromatic carbocycles. The number of nitrogens with zero attached hydrogens (tertiary/aromatic N) is 1. The van der Waals surface area contributed by atoms with E-state index in [1.54, 1.807) is 12.1 Å². The van der Waals surface area contributed by atoms with Crippen molar-refractivity contribution in [2.75, 3.05) is 13.1 Å². The largest absolute Gasteiger partial charge is 0.389 e. The fraction of sp³-hybridized carbons (Fsp3) is 0.429. The minimum atomic E-state index is 0.107. The maximum absolute atomic E-state index is 12.3. The monoisotopic (exact) mass is 262 g/mol. The van der Waals surface area contributed by atoms with Crippen LogP contribution in [0.25, 0.3) is 0 Å². The van der Waals surface area contributed by atoms with Crippen LogP contribution in [0.4, 0.5) is 0 Å². The number of nitrogens with two attached hydrogens (primary N) is 1. The first-order chi connectivity index (χ1) is 8.58. The Bertz CT molecular complexity index is 455. The molecule has 0 aliphatic carbocycles. The van der Waals surface area contributed by atoms with Gasteiger partial charge in [-0.3, -0.25) is 4.79 Å². The topological polar surface area (TPSA) is 46.3 Å². The second-order valence-electron chi connectivity index (χ2n) is 4.94. The average molecular weight is 262 g/mol. The number of benzene rings is 1. The molecule has 2 rings (SSSR count). The summed E-state index contributed by atoms with van der Waals surface area (Å²) in [6.45, 7) is 3.91. The number of amides is 1. The van der Waals surface area contributed by atoms with Gasteiger partial charge in [0.25, 0.3) is 5.91 Å². The van der Waals surface area contributed by atoms with E-state index in [1.165, 1.54) is 6.42 Å². The Morgan fingerprint density at radius 2 is 1.94 bits per heavy atom. The number of carbonyl (C=O) groups excluding carboxylic acids is 1. The van der Waals surface area contributed by atoms with Gasteiger partial charge in [-0.15, -0.1) is 0 Å². The molecule has 0 bridgehead atoms. The molecule has 1 unspecified atom stereocenters. The summed E-state index contributed by atoms with van der Waals surface area (Å²) in [5.74, 6) is 0.703. The van der Waals surface area contributed by atoms with Gasteiger partial charge in [-0.05, 0) is 30.9 Å². The molecule has 3 nitrogen and oxygen atoms in total. The van der Waals surface area contributed by atoms with E-state index in [0.717, 1.165) is 25.1 Å². The Morgan fingerprint density at radius 3 is 2.50 bits per heavy atom. The summed E-state index contributed by atoms with van der Waals surface area (Å²) in [5, 5.41) is 0. The summed E-state index contributed by atoms with van der Waals surface area (Å²) in [4.78, 5) is 14.6. The van der Waals surface area contributed by atoms with Crippen molar-refractivity contribution in [1.82, 2.24) is 4.90 Å². The number of hydrogen-bond acceptors (Lipinski definition) is 2. The van der Waals surface area contributed by atoms with Gasteiger partial charge in [-0.25, -0.2) is 0 Å². The molecule has 1 fully saturated rings. The number of rotatable bonds is 2. The van der Waals surface area contributed by atoms with E-state index in [-0.39, 0.29) is 5.91 Å². The number of carbonyl (C=O) groups is 1. The SMILES string of the molecule is CC1CCCN(C(=O)c2ccc(C(N)=S)cc2)C1. The molecule has 1 saturated heterocycles. The summed E-state index contributed by atoms with van der Waals surface area (Å²) in [6.07, 6.45) is 2.31. The van der Waals surface area contributed by atoms with Crippen molar-refractivity contribution in [1.29, 1.82) is 0 Å². The van der Waals surface area contributed by atoms with Crippen LogP contribution in [0.5, 0.6) is 0 Å². The first kappa shape index (κ1) is 13.0. The van der Waals surface area contributed by atoms with Crippen LogP contribution in [-0.4, -0.2) is 28.9 Å². The maximum Gasteiger partial charge on any atom is 0.253 e. The third kappa shape index (κ3) is 2.88. The van der Waals surface area contributed by atoms with Gasteiger partial charge in [0.05, 0.1) is 0 Å².